The van der Waals surface area contributed by atoms with E-state index in [4.69, 9.17) is 4.84 Å². The monoisotopic (exact) mass is 460 g/mol. The highest BCUT2D eigenvalue weighted by molar-refractivity contribution is 7.92. The second kappa shape index (κ2) is 8.76. The van der Waals surface area contributed by atoms with Crippen LogP contribution in [0.3, 0.4) is 0 Å². The van der Waals surface area contributed by atoms with E-state index in [9.17, 15) is 8.42 Å². The molecule has 3 aromatic carbocycles. The van der Waals surface area contributed by atoms with Crippen LogP contribution in [0.15, 0.2) is 101 Å². The van der Waals surface area contributed by atoms with Gasteiger partial charge in [0.2, 0.25) is 0 Å². The van der Waals surface area contributed by atoms with Gasteiger partial charge < -0.3 is 4.84 Å². The molecular formula is C27H28N2O3S. The lowest BCUT2D eigenvalue weighted by Gasteiger charge is -2.45. The molecule has 2 saturated heterocycles. The van der Waals surface area contributed by atoms with E-state index in [2.05, 4.69) is 34.3 Å². The maximum absolute atomic E-state index is 13.9. The fourth-order valence-corrected chi connectivity index (χ4v) is 7.72. The maximum Gasteiger partial charge on any atom is 0.182 e. The zero-order chi connectivity index (χ0) is 22.9. The van der Waals surface area contributed by atoms with Gasteiger partial charge in [-0.3, -0.25) is 4.90 Å². The first-order chi connectivity index (χ1) is 16.1. The molecule has 6 heteroatoms. The summed E-state index contributed by atoms with van der Waals surface area (Å²) in [6, 6.07) is 29.2. The number of sulfone groups is 1. The van der Waals surface area contributed by atoms with E-state index in [1.165, 1.54) is 0 Å². The van der Waals surface area contributed by atoms with Crippen LogP contribution in [0.4, 0.5) is 0 Å². The number of hydrogen-bond donors (Lipinski definition) is 0. The normalized spacial score (nSPS) is 26.4. The van der Waals surface area contributed by atoms with Crippen LogP contribution in [0, 0.1) is 0 Å². The molecule has 3 aromatic rings. The van der Waals surface area contributed by atoms with Crippen LogP contribution >= 0.6 is 0 Å². The summed E-state index contributed by atoms with van der Waals surface area (Å²) in [4.78, 5) is 8.04. The SMILES string of the molecule is CON=C1CCC2C(S(=O)(=O)c3ccccc3)CC1(c1ccccc1)N2Cc1ccccc1. The average molecular weight is 461 g/mol. The van der Waals surface area contributed by atoms with Crippen molar-refractivity contribution in [2.75, 3.05) is 7.11 Å². The standard InChI is InChI=1S/C27H28N2O3S/c1-32-28-26-18-17-24-25(33(30,31)23-15-9-4-10-16-23)19-27(26,22-13-7-3-8-14-22)29(24)20-21-11-5-2-6-12-21/h2-16,24-25H,17-20H2,1H3. The van der Waals surface area contributed by atoms with Crippen molar-refractivity contribution >= 4 is 15.5 Å². The van der Waals surface area contributed by atoms with Gasteiger partial charge in [0.25, 0.3) is 0 Å². The Bertz CT molecular complexity index is 1230. The third-order valence-corrected chi connectivity index (χ3v) is 9.30. The molecule has 2 aliphatic heterocycles. The molecule has 0 aromatic heterocycles. The summed E-state index contributed by atoms with van der Waals surface area (Å²) in [7, 11) is -1.98. The molecule has 0 N–H and O–H groups in total. The molecular weight excluding hydrogens is 432 g/mol. The highest BCUT2D eigenvalue weighted by Crippen LogP contribution is 2.52. The van der Waals surface area contributed by atoms with Crippen LogP contribution in [0.5, 0.6) is 0 Å². The van der Waals surface area contributed by atoms with Crippen LogP contribution < -0.4 is 0 Å². The van der Waals surface area contributed by atoms with Crippen molar-refractivity contribution in [3.8, 4) is 0 Å². The third kappa shape index (κ3) is 3.67. The minimum Gasteiger partial charge on any atom is -0.399 e. The topological polar surface area (TPSA) is 59.0 Å². The highest BCUT2D eigenvalue weighted by atomic mass is 32.2. The summed E-state index contributed by atoms with van der Waals surface area (Å²) in [5.74, 6) is 0. The molecule has 170 valence electrons. The second-order valence-electron chi connectivity index (χ2n) is 8.77. The molecule has 0 saturated carbocycles. The van der Waals surface area contributed by atoms with Gasteiger partial charge in [-0.2, -0.15) is 0 Å². The quantitative estimate of drug-likeness (QED) is 0.496. The Morgan fingerprint density at radius 3 is 2.18 bits per heavy atom. The molecule has 2 heterocycles. The lowest BCUT2D eigenvalue weighted by molar-refractivity contribution is 0.111. The van der Waals surface area contributed by atoms with E-state index < -0.39 is 20.6 Å². The number of rotatable bonds is 6. The minimum absolute atomic E-state index is 0.119. The summed E-state index contributed by atoms with van der Waals surface area (Å²) in [5, 5.41) is 3.94. The van der Waals surface area contributed by atoms with E-state index in [1.807, 2.05) is 42.5 Å². The number of hydrogen-bond acceptors (Lipinski definition) is 5. The highest BCUT2D eigenvalue weighted by Gasteiger charge is 2.61. The van der Waals surface area contributed by atoms with Crippen LogP contribution in [-0.4, -0.2) is 37.4 Å². The molecule has 0 amide bonds. The van der Waals surface area contributed by atoms with Gasteiger partial charge in [0, 0.05) is 12.6 Å². The summed E-state index contributed by atoms with van der Waals surface area (Å²) in [6.07, 6.45) is 1.88. The van der Waals surface area contributed by atoms with E-state index in [0.717, 1.165) is 23.3 Å². The molecule has 0 radical (unpaired) electrons. The molecule has 33 heavy (non-hydrogen) atoms. The lowest BCUT2D eigenvalue weighted by atomic mass is 9.79. The average Bonchev–Trinajstić information content (AvgIpc) is 3.08. The Balaban J connectivity index is 1.69. The molecule has 5 nitrogen and oxygen atoms in total. The van der Waals surface area contributed by atoms with Crippen LogP contribution in [-0.2, 0) is 26.8 Å². The zero-order valence-electron chi connectivity index (χ0n) is 18.7. The lowest BCUT2D eigenvalue weighted by Crippen LogP contribution is -2.54. The van der Waals surface area contributed by atoms with Gasteiger partial charge in [-0.15, -0.1) is 0 Å². The van der Waals surface area contributed by atoms with E-state index in [0.29, 0.717) is 24.3 Å². The maximum atomic E-state index is 13.9. The van der Waals surface area contributed by atoms with Crippen molar-refractivity contribution in [2.45, 2.75) is 47.5 Å². The van der Waals surface area contributed by atoms with Crippen molar-refractivity contribution in [2.24, 2.45) is 5.16 Å². The van der Waals surface area contributed by atoms with Crippen molar-refractivity contribution < 1.29 is 13.3 Å². The first-order valence-corrected chi connectivity index (χ1v) is 12.9. The molecule has 2 bridgehead atoms. The molecule has 5 rings (SSSR count). The molecule has 3 unspecified atom stereocenters. The predicted molar refractivity (Wildman–Crippen MR) is 130 cm³/mol. The third-order valence-electron chi connectivity index (χ3n) is 7.09. The van der Waals surface area contributed by atoms with Crippen LogP contribution in [0.25, 0.3) is 0 Å². The Morgan fingerprint density at radius 2 is 1.55 bits per heavy atom. The number of nitrogens with zero attached hydrogens (tertiary/aromatic N) is 2. The fourth-order valence-electron chi connectivity index (χ4n) is 5.67. The Labute approximate surface area is 195 Å². The first-order valence-electron chi connectivity index (χ1n) is 11.3. The van der Waals surface area contributed by atoms with Gasteiger partial charge in [0.1, 0.15) is 7.11 Å². The molecule has 3 atom stereocenters. The predicted octanol–water partition coefficient (Wildman–Crippen LogP) is 4.80. The molecule has 2 fully saturated rings. The number of benzene rings is 3. The van der Waals surface area contributed by atoms with E-state index in [-0.39, 0.29) is 6.04 Å². The Kier molecular flexibility index (Phi) is 5.81. The van der Waals surface area contributed by atoms with Crippen molar-refractivity contribution in [1.82, 2.24) is 4.90 Å². The Morgan fingerprint density at radius 1 is 0.939 bits per heavy atom. The van der Waals surface area contributed by atoms with Gasteiger partial charge in [-0.25, -0.2) is 8.42 Å². The van der Waals surface area contributed by atoms with Gasteiger partial charge in [-0.05, 0) is 42.5 Å². The van der Waals surface area contributed by atoms with Gasteiger partial charge >= 0.3 is 0 Å². The second-order valence-corrected chi connectivity index (χ2v) is 10.9. The summed E-state index contributed by atoms with van der Waals surface area (Å²) in [6.45, 7) is 0.643. The first kappa shape index (κ1) is 21.9. The molecule has 2 aliphatic rings. The largest absolute Gasteiger partial charge is 0.399 e. The van der Waals surface area contributed by atoms with Gasteiger partial charge in [0.05, 0.1) is 21.4 Å². The van der Waals surface area contributed by atoms with Crippen LogP contribution in [0.1, 0.15) is 30.4 Å². The number of piperidine rings is 1. The smallest absolute Gasteiger partial charge is 0.182 e. The summed E-state index contributed by atoms with van der Waals surface area (Å²) < 4.78 is 27.8. The summed E-state index contributed by atoms with van der Waals surface area (Å²) >= 11 is 0. The number of oxime groups is 1. The van der Waals surface area contributed by atoms with Crippen LogP contribution in [0.2, 0.25) is 0 Å². The summed E-state index contributed by atoms with van der Waals surface area (Å²) in [5.41, 5.74) is 2.48. The van der Waals surface area contributed by atoms with E-state index >= 15 is 0 Å². The Hall–Kier alpha value is -2.96. The minimum atomic E-state index is -3.54. The zero-order valence-corrected chi connectivity index (χ0v) is 19.5. The fraction of sp³-hybridized carbons (Fsp3) is 0.296. The van der Waals surface area contributed by atoms with E-state index in [1.54, 1.807) is 31.4 Å². The van der Waals surface area contributed by atoms with Crippen molar-refractivity contribution in [3.05, 3.63) is 102 Å². The van der Waals surface area contributed by atoms with Crippen molar-refractivity contribution in [1.29, 1.82) is 0 Å². The van der Waals surface area contributed by atoms with Gasteiger partial charge in [0.15, 0.2) is 9.84 Å². The van der Waals surface area contributed by atoms with Crippen molar-refractivity contribution in [3.63, 3.8) is 0 Å². The molecule has 0 spiro atoms. The van der Waals surface area contributed by atoms with Gasteiger partial charge in [-0.1, -0.05) is 84.0 Å². The molecule has 0 aliphatic carbocycles. The number of fused-ring (bicyclic) bond motifs is 2.